The Morgan fingerprint density at radius 2 is 1.43 bits per heavy atom. The van der Waals surface area contributed by atoms with Crippen molar-refractivity contribution in [2.75, 3.05) is 27.3 Å². The Bertz CT molecular complexity index is 619. The molecule has 0 radical (unpaired) electrons. The number of methoxy groups -OCH3 is 2. The first-order valence-electron chi connectivity index (χ1n) is 7.55. The molecule has 0 aliphatic heterocycles. The van der Waals surface area contributed by atoms with E-state index < -0.39 is 20.7 Å². The van der Waals surface area contributed by atoms with E-state index >= 15 is 0 Å². The van der Waals surface area contributed by atoms with Crippen LogP contribution in [-0.4, -0.2) is 40.0 Å². The normalized spacial score (nSPS) is 12.3. The summed E-state index contributed by atoms with van der Waals surface area (Å²) in [5.41, 5.74) is 0. The van der Waals surface area contributed by atoms with Crippen molar-refractivity contribution in [2.45, 2.75) is 32.6 Å². The van der Waals surface area contributed by atoms with Gasteiger partial charge in [0.1, 0.15) is 10.7 Å². The third-order valence-electron chi connectivity index (χ3n) is 3.19. The summed E-state index contributed by atoms with van der Waals surface area (Å²) < 4.78 is 51.5. The van der Waals surface area contributed by atoms with Crippen LogP contribution < -0.4 is 9.47 Å². The first-order chi connectivity index (χ1) is 10.6. The van der Waals surface area contributed by atoms with E-state index in [4.69, 9.17) is 9.47 Å². The fourth-order valence-electron chi connectivity index (χ4n) is 2.26. The highest BCUT2D eigenvalue weighted by molar-refractivity contribution is 7.89. The van der Waals surface area contributed by atoms with Crippen molar-refractivity contribution in [3.8, 4) is 11.5 Å². The predicted molar refractivity (Wildman–Crippen MR) is 87.9 cm³/mol. The molecule has 0 aromatic heterocycles. The maximum Gasteiger partial charge on any atom is 0.246 e. The smallest absolute Gasteiger partial charge is 0.246 e. The molecule has 5 nitrogen and oxygen atoms in total. The summed E-state index contributed by atoms with van der Waals surface area (Å²) >= 11 is 0. The number of rotatable bonds is 8. The van der Waals surface area contributed by atoms with Gasteiger partial charge in [0, 0.05) is 25.2 Å². The molecule has 0 saturated heterocycles. The topological polar surface area (TPSA) is 55.8 Å². The van der Waals surface area contributed by atoms with Crippen molar-refractivity contribution in [3.63, 3.8) is 0 Å². The van der Waals surface area contributed by atoms with Gasteiger partial charge in [0.15, 0.2) is 11.5 Å². The zero-order valence-electron chi connectivity index (χ0n) is 14.6. The highest BCUT2D eigenvalue weighted by atomic mass is 32.2. The molecule has 23 heavy (non-hydrogen) atoms. The number of benzene rings is 1. The number of sulfonamides is 1. The van der Waals surface area contributed by atoms with Crippen LogP contribution in [0.4, 0.5) is 4.39 Å². The van der Waals surface area contributed by atoms with Crippen molar-refractivity contribution in [3.05, 3.63) is 17.9 Å². The molecule has 132 valence electrons. The Hall–Kier alpha value is -1.34. The molecule has 0 amide bonds. The van der Waals surface area contributed by atoms with Crippen LogP contribution in [0.15, 0.2) is 17.0 Å². The Labute approximate surface area is 138 Å². The number of hydrogen-bond acceptors (Lipinski definition) is 4. The summed E-state index contributed by atoms with van der Waals surface area (Å²) in [4.78, 5) is -0.392. The molecule has 0 fully saturated rings. The van der Waals surface area contributed by atoms with E-state index in [0.717, 1.165) is 6.07 Å². The van der Waals surface area contributed by atoms with Crippen molar-refractivity contribution in [1.82, 2.24) is 4.31 Å². The maximum atomic E-state index is 14.3. The highest BCUT2D eigenvalue weighted by Gasteiger charge is 2.30. The highest BCUT2D eigenvalue weighted by Crippen LogP contribution is 2.33. The molecular formula is C16H26FNO4S. The maximum absolute atomic E-state index is 14.3. The van der Waals surface area contributed by atoms with Gasteiger partial charge in [-0.25, -0.2) is 12.8 Å². The average Bonchev–Trinajstić information content (AvgIpc) is 2.44. The van der Waals surface area contributed by atoms with Gasteiger partial charge in [-0.3, -0.25) is 0 Å². The summed E-state index contributed by atoms with van der Waals surface area (Å²) in [7, 11) is -1.21. The quantitative estimate of drug-likeness (QED) is 0.725. The van der Waals surface area contributed by atoms with E-state index in [1.807, 2.05) is 27.7 Å². The number of halogens is 1. The zero-order chi connectivity index (χ0) is 17.8. The van der Waals surface area contributed by atoms with Gasteiger partial charge in [-0.15, -0.1) is 0 Å². The van der Waals surface area contributed by atoms with Crippen molar-refractivity contribution < 1.29 is 22.3 Å². The molecule has 0 bridgehead atoms. The molecule has 0 spiro atoms. The fourth-order valence-corrected chi connectivity index (χ4v) is 4.09. The molecular weight excluding hydrogens is 321 g/mol. The van der Waals surface area contributed by atoms with E-state index in [1.54, 1.807) is 0 Å². The standard InChI is InChI=1S/C16H26FNO4S/c1-11(2)9-18(10-12(3)4)23(19,20)16-8-15(22-6)14(21-5)7-13(16)17/h7-8,11-12H,9-10H2,1-6H3. The van der Waals surface area contributed by atoms with Crippen molar-refractivity contribution in [1.29, 1.82) is 0 Å². The number of nitrogens with zero attached hydrogens (tertiary/aromatic N) is 1. The van der Waals surface area contributed by atoms with Gasteiger partial charge >= 0.3 is 0 Å². The van der Waals surface area contributed by atoms with Crippen LogP contribution in [0.2, 0.25) is 0 Å². The monoisotopic (exact) mass is 347 g/mol. The summed E-state index contributed by atoms with van der Waals surface area (Å²) in [5.74, 6) is -0.247. The lowest BCUT2D eigenvalue weighted by atomic mass is 10.2. The van der Waals surface area contributed by atoms with Crippen LogP contribution >= 0.6 is 0 Å². The molecule has 0 saturated carbocycles. The third-order valence-corrected chi connectivity index (χ3v) is 5.04. The fraction of sp³-hybridized carbons (Fsp3) is 0.625. The second kappa shape index (κ2) is 7.97. The van der Waals surface area contributed by atoms with Gasteiger partial charge in [0.25, 0.3) is 0 Å². The minimum absolute atomic E-state index is 0.131. The average molecular weight is 347 g/mol. The molecule has 0 heterocycles. The summed E-state index contributed by atoms with van der Waals surface area (Å²) in [6, 6.07) is 2.21. The molecule has 1 rings (SSSR count). The Morgan fingerprint density at radius 1 is 1.00 bits per heavy atom. The Balaban J connectivity index is 3.38. The van der Waals surface area contributed by atoms with E-state index in [0.29, 0.717) is 13.1 Å². The lowest BCUT2D eigenvalue weighted by Crippen LogP contribution is -2.37. The van der Waals surface area contributed by atoms with Crippen LogP contribution in [0.1, 0.15) is 27.7 Å². The largest absolute Gasteiger partial charge is 0.493 e. The molecule has 7 heteroatoms. The second-order valence-corrected chi connectivity index (χ2v) is 8.15. The van der Waals surface area contributed by atoms with Crippen LogP contribution in [0.5, 0.6) is 11.5 Å². The van der Waals surface area contributed by atoms with E-state index in [9.17, 15) is 12.8 Å². The summed E-state index contributed by atoms with van der Waals surface area (Å²) in [6.07, 6.45) is 0. The molecule has 0 aliphatic rings. The van der Waals surface area contributed by atoms with Crippen LogP contribution in [-0.2, 0) is 10.0 Å². The summed E-state index contributed by atoms with van der Waals surface area (Å²) in [5, 5.41) is 0. The molecule has 0 N–H and O–H groups in total. The molecule has 0 unspecified atom stereocenters. The van der Waals surface area contributed by atoms with Gasteiger partial charge in [-0.2, -0.15) is 4.31 Å². The van der Waals surface area contributed by atoms with Crippen molar-refractivity contribution in [2.24, 2.45) is 11.8 Å². The molecule has 0 aliphatic carbocycles. The molecule has 1 aromatic carbocycles. The lowest BCUT2D eigenvalue weighted by Gasteiger charge is -2.26. The van der Waals surface area contributed by atoms with Crippen molar-refractivity contribution >= 4 is 10.0 Å². The van der Waals surface area contributed by atoms with E-state index in [2.05, 4.69) is 0 Å². The van der Waals surface area contributed by atoms with Crippen LogP contribution in [0, 0.1) is 17.7 Å². The Kier molecular flexibility index (Phi) is 6.83. The first kappa shape index (κ1) is 19.7. The van der Waals surface area contributed by atoms with Crippen LogP contribution in [0.25, 0.3) is 0 Å². The minimum Gasteiger partial charge on any atom is -0.493 e. The van der Waals surface area contributed by atoms with Gasteiger partial charge in [-0.1, -0.05) is 27.7 Å². The summed E-state index contributed by atoms with van der Waals surface area (Å²) in [6.45, 7) is 8.35. The Morgan fingerprint density at radius 3 is 1.83 bits per heavy atom. The zero-order valence-corrected chi connectivity index (χ0v) is 15.4. The van der Waals surface area contributed by atoms with Gasteiger partial charge < -0.3 is 9.47 Å². The van der Waals surface area contributed by atoms with Crippen LogP contribution in [0.3, 0.4) is 0 Å². The van der Waals surface area contributed by atoms with E-state index in [-0.39, 0.29) is 23.3 Å². The van der Waals surface area contributed by atoms with Gasteiger partial charge in [0.2, 0.25) is 10.0 Å². The SMILES string of the molecule is COc1cc(F)c(S(=O)(=O)N(CC(C)C)CC(C)C)cc1OC. The van der Waals surface area contributed by atoms with Gasteiger partial charge in [-0.05, 0) is 11.8 Å². The first-order valence-corrected chi connectivity index (χ1v) is 8.99. The number of hydrogen-bond donors (Lipinski definition) is 0. The minimum atomic E-state index is -3.96. The number of ether oxygens (including phenoxy) is 2. The molecule has 1 aromatic rings. The predicted octanol–water partition coefficient (Wildman–Crippen LogP) is 3.15. The van der Waals surface area contributed by atoms with Gasteiger partial charge in [0.05, 0.1) is 14.2 Å². The third kappa shape index (κ3) is 4.81. The molecule has 0 atom stereocenters. The second-order valence-electron chi connectivity index (χ2n) is 6.25. The van der Waals surface area contributed by atoms with E-state index in [1.165, 1.54) is 24.6 Å². The lowest BCUT2D eigenvalue weighted by molar-refractivity contribution is 0.329.